The summed E-state index contributed by atoms with van der Waals surface area (Å²) >= 11 is 6.25. The van der Waals surface area contributed by atoms with Crippen LogP contribution >= 0.6 is 11.6 Å². The predicted molar refractivity (Wildman–Crippen MR) is 91.9 cm³/mol. The van der Waals surface area contributed by atoms with Crippen LogP contribution in [0, 0.1) is 0 Å². The molecule has 126 valence electrons. The number of hydrogen-bond acceptors (Lipinski definition) is 4. The number of benzene rings is 1. The van der Waals surface area contributed by atoms with Crippen LogP contribution in [0.5, 0.6) is 0 Å². The third-order valence-electron chi connectivity index (χ3n) is 4.64. The van der Waals surface area contributed by atoms with E-state index >= 15 is 0 Å². The first-order valence-corrected chi connectivity index (χ1v) is 8.69. The minimum atomic E-state index is -0.469. The summed E-state index contributed by atoms with van der Waals surface area (Å²) in [7, 11) is 0. The zero-order chi connectivity index (χ0) is 16.2. The van der Waals surface area contributed by atoms with Gasteiger partial charge in [-0.1, -0.05) is 23.7 Å². The molecule has 1 aromatic rings. The van der Waals surface area contributed by atoms with Crippen molar-refractivity contribution in [3.8, 4) is 0 Å². The summed E-state index contributed by atoms with van der Waals surface area (Å²) in [5.41, 5.74) is 1.08. The lowest BCUT2D eigenvalue weighted by molar-refractivity contribution is -0.129. The highest BCUT2D eigenvalue weighted by atomic mass is 35.5. The molecule has 0 unspecified atom stereocenters. The molecule has 0 saturated carbocycles. The van der Waals surface area contributed by atoms with Crippen LogP contribution < -0.4 is 4.90 Å². The summed E-state index contributed by atoms with van der Waals surface area (Å²) in [4.78, 5) is 17.9. The maximum absolute atomic E-state index is 11.6. The van der Waals surface area contributed by atoms with Crippen molar-refractivity contribution in [1.82, 2.24) is 9.80 Å². The number of nitrogens with zero attached hydrogens (tertiary/aromatic N) is 3. The fourth-order valence-electron chi connectivity index (χ4n) is 3.39. The first kappa shape index (κ1) is 16.6. The van der Waals surface area contributed by atoms with Gasteiger partial charge in [0.1, 0.15) is 0 Å². The van der Waals surface area contributed by atoms with Gasteiger partial charge in [-0.15, -0.1) is 0 Å². The molecule has 0 radical (unpaired) electrons. The number of piperazine rings is 1. The van der Waals surface area contributed by atoms with Crippen LogP contribution in [0.1, 0.15) is 12.8 Å². The Hall–Kier alpha value is -1.30. The number of carbonyl (C=O) groups is 1. The van der Waals surface area contributed by atoms with Crippen molar-refractivity contribution >= 4 is 23.2 Å². The second-order valence-corrected chi connectivity index (χ2v) is 6.74. The van der Waals surface area contributed by atoms with Crippen LogP contribution in [0.3, 0.4) is 0 Å². The number of amides is 1. The molecule has 0 spiro atoms. The van der Waals surface area contributed by atoms with E-state index < -0.39 is 6.10 Å². The van der Waals surface area contributed by atoms with Gasteiger partial charge in [0.25, 0.3) is 0 Å². The highest BCUT2D eigenvalue weighted by Crippen LogP contribution is 2.26. The summed E-state index contributed by atoms with van der Waals surface area (Å²) in [6.07, 6.45) is 1.08. The van der Waals surface area contributed by atoms with Crippen molar-refractivity contribution in [3.05, 3.63) is 29.3 Å². The molecular weight excluding hydrogens is 314 g/mol. The average molecular weight is 338 g/mol. The predicted octanol–water partition coefficient (Wildman–Crippen LogP) is 1.45. The third kappa shape index (κ3) is 4.16. The zero-order valence-electron chi connectivity index (χ0n) is 13.3. The Balaban J connectivity index is 1.45. The maximum atomic E-state index is 11.6. The SMILES string of the molecule is O=C1CCCN1C[C@H](O)CN1CCN(c2ccccc2Cl)CC1. The molecule has 5 nitrogen and oxygen atoms in total. The second kappa shape index (κ2) is 7.51. The molecule has 1 N–H and O–H groups in total. The second-order valence-electron chi connectivity index (χ2n) is 6.34. The molecule has 3 rings (SSSR count). The number of halogens is 1. The van der Waals surface area contributed by atoms with E-state index in [0.717, 1.165) is 49.9 Å². The van der Waals surface area contributed by atoms with Crippen molar-refractivity contribution in [3.63, 3.8) is 0 Å². The van der Waals surface area contributed by atoms with Gasteiger partial charge >= 0.3 is 0 Å². The van der Waals surface area contributed by atoms with E-state index in [1.54, 1.807) is 4.90 Å². The highest BCUT2D eigenvalue weighted by molar-refractivity contribution is 6.33. The molecule has 2 aliphatic heterocycles. The zero-order valence-corrected chi connectivity index (χ0v) is 14.1. The van der Waals surface area contributed by atoms with Gasteiger partial charge in [0, 0.05) is 52.2 Å². The summed E-state index contributed by atoms with van der Waals surface area (Å²) in [5, 5.41) is 11.0. The fourth-order valence-corrected chi connectivity index (χ4v) is 3.64. The Morgan fingerprint density at radius 3 is 2.48 bits per heavy atom. The van der Waals surface area contributed by atoms with Crippen molar-refractivity contribution in [1.29, 1.82) is 0 Å². The Morgan fingerprint density at radius 2 is 1.83 bits per heavy atom. The fraction of sp³-hybridized carbons (Fsp3) is 0.588. The summed E-state index contributed by atoms with van der Waals surface area (Å²) < 4.78 is 0. The minimum Gasteiger partial charge on any atom is -0.390 e. The molecule has 2 saturated heterocycles. The van der Waals surface area contributed by atoms with Crippen LogP contribution in [0.15, 0.2) is 24.3 Å². The standard InChI is InChI=1S/C17H24ClN3O2/c18-15-4-1-2-5-16(15)20-10-8-19(9-11-20)12-14(22)13-21-7-3-6-17(21)23/h1-2,4-5,14,22H,3,6-13H2/t14-/m1/s1. The Bertz CT molecular complexity index is 546. The molecule has 2 aliphatic rings. The van der Waals surface area contributed by atoms with Crippen molar-refractivity contribution < 1.29 is 9.90 Å². The number of likely N-dealkylation sites (tertiary alicyclic amines) is 1. The van der Waals surface area contributed by atoms with Gasteiger partial charge in [0.2, 0.25) is 5.91 Å². The number of rotatable bonds is 5. The van der Waals surface area contributed by atoms with E-state index in [-0.39, 0.29) is 5.91 Å². The van der Waals surface area contributed by atoms with Crippen molar-refractivity contribution in [2.75, 3.05) is 50.7 Å². The lowest BCUT2D eigenvalue weighted by Gasteiger charge is -2.37. The molecule has 0 aromatic heterocycles. The van der Waals surface area contributed by atoms with Crippen LogP contribution in [-0.2, 0) is 4.79 Å². The molecule has 23 heavy (non-hydrogen) atoms. The van der Waals surface area contributed by atoms with Gasteiger partial charge in [-0.05, 0) is 18.6 Å². The Labute approximate surface area is 142 Å². The third-order valence-corrected chi connectivity index (χ3v) is 4.96. The van der Waals surface area contributed by atoms with E-state index in [1.165, 1.54) is 0 Å². The topological polar surface area (TPSA) is 47.0 Å². The van der Waals surface area contributed by atoms with Crippen molar-refractivity contribution in [2.24, 2.45) is 0 Å². The average Bonchev–Trinajstić information content (AvgIpc) is 2.94. The number of carbonyl (C=O) groups excluding carboxylic acids is 1. The van der Waals surface area contributed by atoms with E-state index in [2.05, 4.69) is 9.80 Å². The molecule has 6 heteroatoms. The first-order valence-electron chi connectivity index (χ1n) is 8.31. The largest absolute Gasteiger partial charge is 0.390 e. The van der Waals surface area contributed by atoms with Gasteiger partial charge < -0.3 is 14.9 Å². The number of anilines is 1. The van der Waals surface area contributed by atoms with Crippen LogP contribution in [-0.4, -0.2) is 72.7 Å². The molecule has 0 bridgehead atoms. The van der Waals surface area contributed by atoms with E-state index in [9.17, 15) is 9.90 Å². The molecule has 0 aliphatic carbocycles. The van der Waals surface area contributed by atoms with E-state index in [4.69, 9.17) is 11.6 Å². The quantitative estimate of drug-likeness (QED) is 0.883. The number of β-amino-alcohol motifs (C(OH)–C–C–N with tert-alkyl or cyclic N) is 1. The molecule has 1 amide bonds. The Kier molecular flexibility index (Phi) is 5.41. The van der Waals surface area contributed by atoms with Crippen molar-refractivity contribution in [2.45, 2.75) is 18.9 Å². The number of hydrogen-bond donors (Lipinski definition) is 1. The molecular formula is C17H24ClN3O2. The summed E-state index contributed by atoms with van der Waals surface area (Å²) in [6, 6.07) is 7.91. The maximum Gasteiger partial charge on any atom is 0.222 e. The van der Waals surface area contributed by atoms with Gasteiger partial charge in [-0.2, -0.15) is 0 Å². The van der Waals surface area contributed by atoms with Gasteiger partial charge in [-0.3, -0.25) is 9.69 Å². The molecule has 2 fully saturated rings. The van der Waals surface area contributed by atoms with Gasteiger partial charge in [0.15, 0.2) is 0 Å². The van der Waals surface area contributed by atoms with Crippen LogP contribution in [0.25, 0.3) is 0 Å². The summed E-state index contributed by atoms with van der Waals surface area (Å²) in [5.74, 6) is 0.174. The smallest absolute Gasteiger partial charge is 0.222 e. The normalized spacial score (nSPS) is 21.0. The number of aliphatic hydroxyl groups excluding tert-OH is 1. The van der Waals surface area contributed by atoms with Crippen LogP contribution in [0.4, 0.5) is 5.69 Å². The highest BCUT2D eigenvalue weighted by Gasteiger charge is 2.25. The number of para-hydroxylation sites is 1. The van der Waals surface area contributed by atoms with Gasteiger partial charge in [0.05, 0.1) is 16.8 Å². The Morgan fingerprint density at radius 1 is 1.09 bits per heavy atom. The van der Waals surface area contributed by atoms with Gasteiger partial charge in [-0.25, -0.2) is 0 Å². The molecule has 1 atom stereocenters. The van der Waals surface area contributed by atoms with Crippen LogP contribution in [0.2, 0.25) is 5.02 Å². The van der Waals surface area contributed by atoms with E-state index in [0.29, 0.717) is 19.5 Å². The number of aliphatic hydroxyl groups is 1. The molecule has 2 heterocycles. The first-order chi connectivity index (χ1) is 11.1. The lowest BCUT2D eigenvalue weighted by atomic mass is 10.2. The van der Waals surface area contributed by atoms with E-state index in [1.807, 2.05) is 24.3 Å². The monoisotopic (exact) mass is 337 g/mol. The molecule has 1 aromatic carbocycles. The summed E-state index contributed by atoms with van der Waals surface area (Å²) in [6.45, 7) is 5.48. The lowest BCUT2D eigenvalue weighted by Crippen LogP contribution is -2.50. The minimum absolute atomic E-state index is 0.174.